The van der Waals surface area contributed by atoms with Gasteiger partial charge in [-0.3, -0.25) is 4.79 Å². The fraction of sp³-hybridized carbons (Fsp3) is 0.500. The van der Waals surface area contributed by atoms with Crippen molar-refractivity contribution in [3.8, 4) is 0 Å². The zero-order valence-electron chi connectivity index (χ0n) is 7.19. The molecule has 2 N–H and O–H groups in total. The number of halogens is 1. The predicted octanol–water partition coefficient (Wildman–Crippen LogP) is 1.51. The van der Waals surface area contributed by atoms with Gasteiger partial charge in [0, 0.05) is 18.5 Å². The second-order valence-electron chi connectivity index (χ2n) is 2.62. The summed E-state index contributed by atoms with van der Waals surface area (Å²) in [6.45, 7) is 3.09. The van der Waals surface area contributed by atoms with Crippen LogP contribution in [-0.2, 0) is 9.59 Å². The number of rotatable bonds is 4. The van der Waals surface area contributed by atoms with Crippen molar-refractivity contribution in [3.05, 3.63) is 10.2 Å². The van der Waals surface area contributed by atoms with Gasteiger partial charge in [0.25, 0.3) is 0 Å². The number of carbonyl (C=O) groups excluding carboxylic acids is 2. The minimum atomic E-state index is -0.120. The molecule has 12 heavy (non-hydrogen) atoms. The summed E-state index contributed by atoms with van der Waals surface area (Å²) in [5.41, 5.74) is 5.82. The number of carbonyl (C=O) groups is 2. The summed E-state index contributed by atoms with van der Waals surface area (Å²) in [4.78, 5) is 21.7. The Morgan fingerprint density at radius 2 is 1.75 bits per heavy atom. The molecule has 0 fully saturated rings. The fourth-order valence-corrected chi connectivity index (χ4v) is 0.817. The summed E-state index contributed by atoms with van der Waals surface area (Å²) in [5.74, 6) is -0.108. The summed E-state index contributed by atoms with van der Waals surface area (Å²) in [6, 6.07) is 0. The molecule has 0 unspecified atom stereocenters. The zero-order valence-corrected chi connectivity index (χ0v) is 8.77. The molecule has 3 nitrogen and oxygen atoms in total. The number of nitrogens with two attached hydrogens (primary N) is 1. The summed E-state index contributed by atoms with van der Waals surface area (Å²) in [5, 5.41) is 0. The first kappa shape index (κ1) is 11.4. The van der Waals surface area contributed by atoms with Gasteiger partial charge in [-0.1, -0.05) is 0 Å². The van der Waals surface area contributed by atoms with E-state index in [1.807, 2.05) is 0 Å². The van der Waals surface area contributed by atoms with E-state index in [2.05, 4.69) is 15.9 Å². The Balaban J connectivity index is 4.07. The normalized spacial score (nSPS) is 12.2. The quantitative estimate of drug-likeness (QED) is 0.750. The maximum Gasteiger partial charge on any atom is 0.171 e. The Labute approximate surface area is 80.1 Å². The van der Waals surface area contributed by atoms with Gasteiger partial charge >= 0.3 is 0 Å². The molecular formula is C8H12BrNO2. The molecule has 0 aliphatic rings. The average Bonchev–Trinajstić information content (AvgIpc) is 1.98. The van der Waals surface area contributed by atoms with E-state index in [0.717, 1.165) is 0 Å². The van der Waals surface area contributed by atoms with Crippen LogP contribution in [0.15, 0.2) is 10.2 Å². The van der Waals surface area contributed by atoms with Crippen molar-refractivity contribution in [2.45, 2.75) is 26.7 Å². The van der Waals surface area contributed by atoms with E-state index in [4.69, 9.17) is 5.73 Å². The second kappa shape index (κ2) is 5.09. The molecule has 0 aromatic heterocycles. The van der Waals surface area contributed by atoms with Gasteiger partial charge in [-0.2, -0.15) is 0 Å². The molecule has 0 aromatic rings. The molecule has 0 bridgehead atoms. The SMILES string of the molecule is CC(=O)CCC(=O)C(Br)=C(C)N. The Kier molecular flexibility index (Phi) is 4.81. The van der Waals surface area contributed by atoms with Gasteiger partial charge in [-0.15, -0.1) is 0 Å². The maximum absolute atomic E-state index is 11.2. The van der Waals surface area contributed by atoms with E-state index in [-0.39, 0.29) is 24.4 Å². The first-order valence-corrected chi connectivity index (χ1v) is 4.39. The molecule has 68 valence electrons. The lowest BCUT2D eigenvalue weighted by molar-refractivity contribution is -0.121. The van der Waals surface area contributed by atoms with Crippen LogP contribution in [0, 0.1) is 0 Å². The molecule has 0 aliphatic carbocycles. The number of hydrogen-bond acceptors (Lipinski definition) is 3. The van der Waals surface area contributed by atoms with Crippen molar-refractivity contribution in [1.29, 1.82) is 0 Å². The smallest absolute Gasteiger partial charge is 0.171 e. The van der Waals surface area contributed by atoms with E-state index in [9.17, 15) is 9.59 Å². The first-order valence-electron chi connectivity index (χ1n) is 3.59. The van der Waals surface area contributed by atoms with Crippen LogP contribution in [-0.4, -0.2) is 11.6 Å². The van der Waals surface area contributed by atoms with Crippen LogP contribution in [0.2, 0.25) is 0 Å². The van der Waals surface area contributed by atoms with Crippen LogP contribution in [0.3, 0.4) is 0 Å². The zero-order chi connectivity index (χ0) is 9.72. The Morgan fingerprint density at radius 3 is 2.08 bits per heavy atom. The molecule has 0 saturated heterocycles. The number of hydrogen-bond donors (Lipinski definition) is 1. The maximum atomic E-state index is 11.2. The van der Waals surface area contributed by atoms with Crippen LogP contribution in [0.25, 0.3) is 0 Å². The molecule has 4 heteroatoms. The third kappa shape index (κ3) is 4.28. The standard InChI is InChI=1S/C8H12BrNO2/c1-5(11)3-4-7(12)8(9)6(2)10/h3-4,10H2,1-2H3. The molecule has 0 radical (unpaired) electrons. The predicted molar refractivity (Wildman–Crippen MR) is 50.7 cm³/mol. The lowest BCUT2D eigenvalue weighted by Crippen LogP contribution is -2.06. The first-order chi connectivity index (χ1) is 5.45. The molecular weight excluding hydrogens is 222 g/mol. The van der Waals surface area contributed by atoms with Gasteiger partial charge in [0.2, 0.25) is 0 Å². The molecule has 0 spiro atoms. The lowest BCUT2D eigenvalue weighted by atomic mass is 10.1. The molecule has 0 atom stereocenters. The Bertz CT molecular complexity index is 229. The van der Waals surface area contributed by atoms with Crippen molar-refractivity contribution in [1.82, 2.24) is 0 Å². The molecule has 0 rings (SSSR count). The van der Waals surface area contributed by atoms with E-state index < -0.39 is 0 Å². The summed E-state index contributed by atoms with van der Waals surface area (Å²) in [6.07, 6.45) is 0.506. The highest BCUT2D eigenvalue weighted by Gasteiger charge is 2.08. The summed E-state index contributed by atoms with van der Waals surface area (Å²) in [7, 11) is 0. The molecule has 0 aromatic carbocycles. The van der Waals surface area contributed by atoms with Crippen LogP contribution < -0.4 is 5.73 Å². The second-order valence-corrected chi connectivity index (χ2v) is 3.42. The van der Waals surface area contributed by atoms with Gasteiger partial charge in [-0.25, -0.2) is 0 Å². The minimum Gasteiger partial charge on any atom is -0.401 e. The Hall–Kier alpha value is -0.640. The fourth-order valence-electron chi connectivity index (χ4n) is 0.619. The monoisotopic (exact) mass is 233 g/mol. The van der Waals surface area contributed by atoms with E-state index >= 15 is 0 Å². The number of Topliss-reactive ketones (excluding diaryl/α,β-unsaturated/α-hetero) is 2. The van der Waals surface area contributed by atoms with Crippen LogP contribution in [0.5, 0.6) is 0 Å². The highest BCUT2D eigenvalue weighted by atomic mass is 79.9. The number of ketones is 2. The highest BCUT2D eigenvalue weighted by Crippen LogP contribution is 2.12. The van der Waals surface area contributed by atoms with Crippen molar-refractivity contribution in [3.63, 3.8) is 0 Å². The van der Waals surface area contributed by atoms with Crippen LogP contribution in [0.1, 0.15) is 26.7 Å². The van der Waals surface area contributed by atoms with Crippen molar-refractivity contribution in [2.24, 2.45) is 5.73 Å². The highest BCUT2D eigenvalue weighted by molar-refractivity contribution is 9.12. The van der Waals surface area contributed by atoms with Gasteiger partial charge in [-0.05, 0) is 29.8 Å². The van der Waals surface area contributed by atoms with Crippen molar-refractivity contribution >= 4 is 27.5 Å². The van der Waals surface area contributed by atoms with Crippen molar-refractivity contribution < 1.29 is 9.59 Å². The molecule has 0 heterocycles. The van der Waals surface area contributed by atoms with Gasteiger partial charge in [0.1, 0.15) is 5.78 Å². The topological polar surface area (TPSA) is 60.2 Å². The summed E-state index contributed by atoms with van der Waals surface area (Å²) < 4.78 is 0.378. The van der Waals surface area contributed by atoms with E-state index in [1.165, 1.54) is 6.92 Å². The van der Waals surface area contributed by atoms with E-state index in [1.54, 1.807) is 6.92 Å². The lowest BCUT2D eigenvalue weighted by Gasteiger charge is -1.98. The van der Waals surface area contributed by atoms with Gasteiger partial charge in [0.15, 0.2) is 5.78 Å². The molecule has 0 amide bonds. The van der Waals surface area contributed by atoms with Crippen molar-refractivity contribution in [2.75, 3.05) is 0 Å². The third-order valence-electron chi connectivity index (χ3n) is 1.30. The van der Waals surface area contributed by atoms with Crippen LogP contribution in [0.4, 0.5) is 0 Å². The van der Waals surface area contributed by atoms with Crippen LogP contribution >= 0.6 is 15.9 Å². The summed E-state index contributed by atoms with van der Waals surface area (Å²) >= 11 is 3.05. The average molecular weight is 234 g/mol. The Morgan fingerprint density at radius 1 is 1.25 bits per heavy atom. The molecule has 0 saturated carbocycles. The van der Waals surface area contributed by atoms with Gasteiger partial charge in [0.05, 0.1) is 4.48 Å². The van der Waals surface area contributed by atoms with E-state index in [0.29, 0.717) is 10.2 Å². The van der Waals surface area contributed by atoms with Gasteiger partial charge < -0.3 is 10.5 Å². The largest absolute Gasteiger partial charge is 0.401 e. The minimum absolute atomic E-state index is 0.0123. The third-order valence-corrected chi connectivity index (χ3v) is 2.36. The number of allylic oxidation sites excluding steroid dienone is 2. The molecule has 0 aliphatic heterocycles.